The molecule has 1 aliphatic rings. The number of likely N-dealkylation sites (N-methyl/N-ethyl adjacent to an activating group) is 1. The fourth-order valence-corrected chi connectivity index (χ4v) is 4.37. The van der Waals surface area contributed by atoms with Crippen molar-refractivity contribution in [3.8, 4) is 0 Å². The molecule has 1 rings (SSSR count). The lowest BCUT2D eigenvalue weighted by Gasteiger charge is -2.30. The second-order valence-corrected chi connectivity index (χ2v) is 6.62. The highest BCUT2D eigenvalue weighted by molar-refractivity contribution is 7.92. The van der Waals surface area contributed by atoms with E-state index in [2.05, 4.69) is 11.9 Å². The zero-order chi connectivity index (χ0) is 11.5. The molecule has 0 amide bonds. The molecule has 2 atom stereocenters. The average molecular weight is 231 g/mol. The third kappa shape index (κ3) is 3.05. The van der Waals surface area contributed by atoms with Gasteiger partial charge in [0.2, 0.25) is 0 Å². The summed E-state index contributed by atoms with van der Waals surface area (Å²) in [4.78, 5) is 0. The van der Waals surface area contributed by atoms with Crippen LogP contribution < -0.4 is 5.32 Å². The Balaban J connectivity index is 2.86. The van der Waals surface area contributed by atoms with E-state index in [1.807, 2.05) is 13.8 Å². The van der Waals surface area contributed by atoms with E-state index < -0.39 is 9.84 Å². The van der Waals surface area contributed by atoms with Crippen LogP contribution in [0.1, 0.15) is 33.1 Å². The van der Waals surface area contributed by atoms with Crippen LogP contribution in [0.5, 0.6) is 0 Å². The highest BCUT2D eigenvalue weighted by atomic mass is 32.2. The maximum Gasteiger partial charge on any atom is 0.155 e. The quantitative estimate of drug-likeness (QED) is 0.746. The Morgan fingerprint density at radius 2 is 2.20 bits per heavy atom. The van der Waals surface area contributed by atoms with Gasteiger partial charge in [0.1, 0.15) is 0 Å². The Labute approximate surface area is 92.9 Å². The van der Waals surface area contributed by atoms with Crippen LogP contribution in [-0.4, -0.2) is 32.0 Å². The van der Waals surface area contributed by atoms with Gasteiger partial charge in [0.05, 0.1) is 11.0 Å². The van der Waals surface area contributed by atoms with Crippen LogP contribution in [0, 0.1) is 0 Å². The third-order valence-corrected chi connectivity index (χ3v) is 5.24. The Morgan fingerprint density at radius 1 is 1.53 bits per heavy atom. The maximum atomic E-state index is 11.9. The predicted octanol–water partition coefficient (Wildman–Crippen LogP) is 1.51. The summed E-state index contributed by atoms with van der Waals surface area (Å²) in [5.41, 5.74) is 0.923. The van der Waals surface area contributed by atoms with Crippen molar-refractivity contribution in [3.63, 3.8) is 0 Å². The lowest BCUT2D eigenvalue weighted by atomic mass is 10.0. The van der Waals surface area contributed by atoms with Crippen molar-refractivity contribution < 1.29 is 8.42 Å². The first-order valence-corrected chi connectivity index (χ1v) is 7.31. The van der Waals surface area contributed by atoms with Crippen LogP contribution in [0.2, 0.25) is 0 Å². The number of rotatable bonds is 4. The van der Waals surface area contributed by atoms with Crippen LogP contribution in [0.4, 0.5) is 0 Å². The predicted molar refractivity (Wildman–Crippen MR) is 63.7 cm³/mol. The molecule has 0 bridgehead atoms. The van der Waals surface area contributed by atoms with Gasteiger partial charge in [-0.1, -0.05) is 25.5 Å². The molecular weight excluding hydrogens is 210 g/mol. The van der Waals surface area contributed by atoms with E-state index in [9.17, 15) is 8.42 Å². The lowest BCUT2D eigenvalue weighted by Crippen LogP contribution is -2.47. The van der Waals surface area contributed by atoms with Gasteiger partial charge in [-0.15, -0.1) is 0 Å². The summed E-state index contributed by atoms with van der Waals surface area (Å²) in [6.07, 6.45) is 2.60. The van der Waals surface area contributed by atoms with Gasteiger partial charge >= 0.3 is 0 Å². The van der Waals surface area contributed by atoms with Crippen LogP contribution >= 0.6 is 0 Å². The minimum absolute atomic E-state index is 0.0692. The molecule has 0 radical (unpaired) electrons. The topological polar surface area (TPSA) is 46.2 Å². The van der Waals surface area contributed by atoms with Crippen molar-refractivity contribution >= 4 is 9.84 Å². The first-order chi connectivity index (χ1) is 6.99. The minimum Gasteiger partial charge on any atom is -0.309 e. The smallest absolute Gasteiger partial charge is 0.155 e. The van der Waals surface area contributed by atoms with E-state index >= 15 is 0 Å². The minimum atomic E-state index is -2.91. The molecule has 15 heavy (non-hydrogen) atoms. The second-order valence-electron chi connectivity index (χ2n) is 4.28. The summed E-state index contributed by atoms with van der Waals surface area (Å²) >= 11 is 0. The molecule has 0 aromatic heterocycles. The molecule has 2 unspecified atom stereocenters. The molecule has 1 N–H and O–H groups in total. The number of hydrogen-bond donors (Lipinski definition) is 1. The van der Waals surface area contributed by atoms with E-state index in [0.717, 1.165) is 31.4 Å². The number of sulfone groups is 1. The van der Waals surface area contributed by atoms with Crippen LogP contribution in [0.15, 0.2) is 12.2 Å². The molecule has 3 nitrogen and oxygen atoms in total. The monoisotopic (exact) mass is 231 g/mol. The summed E-state index contributed by atoms with van der Waals surface area (Å²) in [7, 11) is -2.91. The summed E-state index contributed by atoms with van der Waals surface area (Å²) in [5.74, 6) is 0.340. The van der Waals surface area contributed by atoms with Crippen LogP contribution in [0.3, 0.4) is 0 Å². The van der Waals surface area contributed by atoms with Gasteiger partial charge in [0.25, 0.3) is 0 Å². The first kappa shape index (κ1) is 12.7. The van der Waals surface area contributed by atoms with E-state index in [1.165, 1.54) is 0 Å². The fourth-order valence-electron chi connectivity index (χ4n) is 2.20. The Bertz CT molecular complexity index is 321. The van der Waals surface area contributed by atoms with Crippen LogP contribution in [0.25, 0.3) is 0 Å². The van der Waals surface area contributed by atoms with Gasteiger partial charge in [0.15, 0.2) is 9.84 Å². The van der Waals surface area contributed by atoms with Gasteiger partial charge in [0, 0.05) is 6.04 Å². The molecule has 1 aliphatic heterocycles. The summed E-state index contributed by atoms with van der Waals surface area (Å²) in [6, 6.07) is -0.0692. The SMILES string of the molecule is C=C(C)C(NCC)C1CCCCS1(=O)=O. The van der Waals surface area contributed by atoms with Gasteiger partial charge in [-0.2, -0.15) is 0 Å². The van der Waals surface area contributed by atoms with Crippen molar-refractivity contribution in [2.24, 2.45) is 0 Å². The van der Waals surface area contributed by atoms with Crippen molar-refractivity contribution in [2.45, 2.75) is 44.4 Å². The van der Waals surface area contributed by atoms with E-state index in [1.54, 1.807) is 0 Å². The lowest BCUT2D eigenvalue weighted by molar-refractivity contribution is 0.476. The molecule has 0 aromatic rings. The molecule has 4 heteroatoms. The largest absolute Gasteiger partial charge is 0.309 e. The molecule has 0 spiro atoms. The zero-order valence-electron chi connectivity index (χ0n) is 9.62. The molecule has 1 heterocycles. The zero-order valence-corrected chi connectivity index (χ0v) is 10.4. The highest BCUT2D eigenvalue weighted by Crippen LogP contribution is 2.24. The maximum absolute atomic E-state index is 11.9. The summed E-state index contributed by atoms with van der Waals surface area (Å²) in [5, 5.41) is 2.97. The Kier molecular flexibility index (Phi) is 4.34. The number of hydrogen-bond acceptors (Lipinski definition) is 3. The van der Waals surface area contributed by atoms with Crippen LogP contribution in [-0.2, 0) is 9.84 Å². The van der Waals surface area contributed by atoms with Crippen molar-refractivity contribution in [1.82, 2.24) is 5.32 Å². The molecule has 1 fully saturated rings. The molecule has 1 saturated heterocycles. The highest BCUT2D eigenvalue weighted by Gasteiger charge is 2.35. The molecule has 0 aliphatic carbocycles. The summed E-state index contributed by atoms with van der Waals surface area (Å²) < 4.78 is 23.8. The first-order valence-electron chi connectivity index (χ1n) is 5.59. The van der Waals surface area contributed by atoms with E-state index in [-0.39, 0.29) is 11.3 Å². The average Bonchev–Trinajstić information content (AvgIpc) is 2.14. The third-order valence-electron chi connectivity index (χ3n) is 2.96. The second kappa shape index (κ2) is 5.12. The molecule has 88 valence electrons. The van der Waals surface area contributed by atoms with Crippen molar-refractivity contribution in [1.29, 1.82) is 0 Å². The van der Waals surface area contributed by atoms with Gasteiger partial charge < -0.3 is 5.32 Å². The van der Waals surface area contributed by atoms with Crippen molar-refractivity contribution in [2.75, 3.05) is 12.3 Å². The van der Waals surface area contributed by atoms with Gasteiger partial charge in [-0.3, -0.25) is 0 Å². The van der Waals surface area contributed by atoms with Crippen molar-refractivity contribution in [3.05, 3.63) is 12.2 Å². The van der Waals surface area contributed by atoms with Gasteiger partial charge in [-0.25, -0.2) is 8.42 Å². The normalized spacial score (nSPS) is 27.2. The van der Waals surface area contributed by atoms with Gasteiger partial charge in [-0.05, 0) is 26.3 Å². The number of nitrogens with one attached hydrogen (secondary N) is 1. The standard InChI is InChI=1S/C11H21NO2S/c1-4-12-11(9(2)3)10-7-5-6-8-15(10,13)14/h10-12H,2,4-8H2,1,3H3. The van der Waals surface area contributed by atoms with E-state index in [0.29, 0.717) is 5.75 Å². The Hall–Kier alpha value is -0.350. The molecule has 0 aromatic carbocycles. The molecule has 0 saturated carbocycles. The summed E-state index contributed by atoms with van der Waals surface area (Å²) in [6.45, 7) is 8.56. The fraction of sp³-hybridized carbons (Fsp3) is 0.818. The van der Waals surface area contributed by atoms with E-state index in [4.69, 9.17) is 0 Å². The Morgan fingerprint density at radius 3 is 2.67 bits per heavy atom. The molecular formula is C11H21NO2S.